The number of ether oxygens (including phenoxy) is 1. The predicted molar refractivity (Wildman–Crippen MR) is 158 cm³/mol. The quantitative estimate of drug-likeness (QED) is 0.182. The van der Waals surface area contributed by atoms with Crippen LogP contribution in [0.5, 0.6) is 0 Å². The molecule has 1 N–H and O–H groups in total. The molecule has 1 unspecified atom stereocenters. The SMILES string of the molecule is CC(C)(C)OC(=O)NC(CCC(=O)Cn1nc(-c2ccc(Cl)s2)n(Cc2ccccc2F)c1=O)c1ccccc1C(F)(F)F. The average molecular weight is 653 g/mol. The Morgan fingerprint density at radius 2 is 1.73 bits per heavy atom. The lowest BCUT2D eigenvalue weighted by Crippen LogP contribution is -2.36. The van der Waals surface area contributed by atoms with Gasteiger partial charge in [0.1, 0.15) is 18.0 Å². The summed E-state index contributed by atoms with van der Waals surface area (Å²) in [4.78, 5) is 39.5. The molecular weight excluding hydrogens is 624 g/mol. The van der Waals surface area contributed by atoms with E-state index in [-0.39, 0.29) is 36.3 Å². The number of carbonyl (C=O) groups is 2. The number of aromatic nitrogens is 3. The second kappa shape index (κ2) is 13.3. The fraction of sp³-hybridized carbons (Fsp3) is 0.333. The molecule has 1 atom stereocenters. The van der Waals surface area contributed by atoms with Crippen molar-refractivity contribution < 1.29 is 31.9 Å². The summed E-state index contributed by atoms with van der Waals surface area (Å²) in [6.07, 6.45) is -6.19. The maximum atomic E-state index is 14.4. The highest BCUT2D eigenvalue weighted by molar-refractivity contribution is 7.19. The van der Waals surface area contributed by atoms with Crippen LogP contribution in [-0.2, 0) is 28.8 Å². The van der Waals surface area contributed by atoms with Crippen LogP contribution in [0, 0.1) is 5.82 Å². The minimum Gasteiger partial charge on any atom is -0.444 e. The zero-order valence-corrected chi connectivity index (χ0v) is 25.5. The molecule has 2 heterocycles. The summed E-state index contributed by atoms with van der Waals surface area (Å²) in [5, 5.41) is 6.77. The molecule has 0 saturated carbocycles. The number of nitrogens with one attached hydrogen (secondary N) is 1. The van der Waals surface area contributed by atoms with Crippen molar-refractivity contribution in [2.24, 2.45) is 0 Å². The highest BCUT2D eigenvalue weighted by Gasteiger charge is 2.36. The Bertz CT molecular complexity index is 1710. The molecule has 1 amide bonds. The van der Waals surface area contributed by atoms with Gasteiger partial charge in [0, 0.05) is 12.0 Å². The molecule has 4 rings (SSSR count). The highest BCUT2D eigenvalue weighted by atomic mass is 35.5. The number of hydrogen-bond acceptors (Lipinski definition) is 6. The van der Waals surface area contributed by atoms with E-state index in [1.807, 2.05) is 0 Å². The van der Waals surface area contributed by atoms with E-state index in [0.29, 0.717) is 9.21 Å². The molecule has 0 radical (unpaired) electrons. The first-order valence-electron chi connectivity index (χ1n) is 13.5. The van der Waals surface area contributed by atoms with E-state index >= 15 is 0 Å². The van der Waals surface area contributed by atoms with E-state index in [1.165, 1.54) is 41.0 Å². The Hall–Kier alpha value is -3.97. The normalized spacial score (nSPS) is 12.6. The summed E-state index contributed by atoms with van der Waals surface area (Å²) in [6, 6.07) is 12.7. The van der Waals surface area contributed by atoms with E-state index in [2.05, 4.69) is 10.4 Å². The molecule has 2 aromatic carbocycles. The van der Waals surface area contributed by atoms with Crippen LogP contribution in [0.15, 0.2) is 65.5 Å². The number of nitrogens with zero attached hydrogens (tertiary/aromatic N) is 3. The molecule has 0 aliphatic heterocycles. The summed E-state index contributed by atoms with van der Waals surface area (Å²) in [5.74, 6) is -0.883. The maximum absolute atomic E-state index is 14.4. The van der Waals surface area contributed by atoms with E-state index in [9.17, 15) is 31.9 Å². The first-order valence-corrected chi connectivity index (χ1v) is 14.7. The molecule has 0 saturated heterocycles. The van der Waals surface area contributed by atoms with Gasteiger partial charge in [-0.1, -0.05) is 48.0 Å². The number of Topliss-reactive ketones (excluding diaryl/α,β-unsaturated/α-hetero) is 1. The Labute approximate surface area is 259 Å². The van der Waals surface area contributed by atoms with Crippen molar-refractivity contribution >= 4 is 34.8 Å². The third kappa shape index (κ3) is 8.35. The van der Waals surface area contributed by atoms with Gasteiger partial charge in [0.05, 0.1) is 27.4 Å². The van der Waals surface area contributed by atoms with E-state index in [0.717, 1.165) is 22.1 Å². The molecule has 14 heteroatoms. The number of alkyl carbamates (subject to hydrolysis) is 1. The third-order valence-corrected chi connectivity index (χ3v) is 7.60. The largest absolute Gasteiger partial charge is 0.444 e. The second-order valence-electron chi connectivity index (χ2n) is 10.9. The molecule has 4 aromatic rings. The monoisotopic (exact) mass is 652 g/mol. The minimum absolute atomic E-state index is 0.166. The molecule has 0 bridgehead atoms. The van der Waals surface area contributed by atoms with Crippen molar-refractivity contribution in [2.45, 2.75) is 64.5 Å². The van der Waals surface area contributed by atoms with Crippen LogP contribution >= 0.6 is 22.9 Å². The van der Waals surface area contributed by atoms with E-state index in [1.54, 1.807) is 39.0 Å². The van der Waals surface area contributed by atoms with Gasteiger partial charge >= 0.3 is 18.0 Å². The molecule has 0 aliphatic carbocycles. The summed E-state index contributed by atoms with van der Waals surface area (Å²) >= 11 is 7.23. The molecular formula is C30H29ClF4N4O4S. The fourth-order valence-corrected chi connectivity index (χ4v) is 5.50. The number of halogens is 5. The lowest BCUT2D eigenvalue weighted by atomic mass is 9.95. The average Bonchev–Trinajstić information content (AvgIpc) is 3.49. The second-order valence-corrected chi connectivity index (χ2v) is 12.6. The molecule has 234 valence electrons. The van der Waals surface area contributed by atoms with Crippen molar-refractivity contribution in [3.63, 3.8) is 0 Å². The van der Waals surface area contributed by atoms with E-state index < -0.39 is 53.3 Å². The minimum atomic E-state index is -4.71. The standard InChI is InChI=1S/C30H29ClF4N4O4S/c1-29(2,3)43-27(41)36-23(20-9-5-6-10-21(20)30(33,34)35)13-12-19(40)17-39-28(42)38(16-18-8-4-7-11-22(18)32)26(37-39)24-14-15-25(31)44-24/h4-11,14-15,23H,12-13,16-17H2,1-3H3,(H,36,41). The number of hydrogen-bond donors (Lipinski definition) is 1. The first-order chi connectivity index (χ1) is 20.6. The smallest absolute Gasteiger partial charge is 0.416 e. The van der Waals surface area contributed by atoms with Crippen molar-refractivity contribution in [3.8, 4) is 10.7 Å². The summed E-state index contributed by atoms with van der Waals surface area (Å²) in [6.45, 7) is 4.15. The van der Waals surface area contributed by atoms with Gasteiger partial charge < -0.3 is 10.1 Å². The van der Waals surface area contributed by atoms with Crippen molar-refractivity contribution in [3.05, 3.63) is 98.0 Å². The van der Waals surface area contributed by atoms with Gasteiger partial charge in [-0.25, -0.2) is 18.7 Å². The number of amides is 1. The van der Waals surface area contributed by atoms with Crippen LogP contribution in [0.1, 0.15) is 56.3 Å². The van der Waals surface area contributed by atoms with Gasteiger partial charge in [0.2, 0.25) is 0 Å². The first kappa shape index (κ1) is 32.9. The van der Waals surface area contributed by atoms with Crippen LogP contribution in [0.4, 0.5) is 22.4 Å². The van der Waals surface area contributed by atoms with Gasteiger partial charge in [-0.05, 0) is 57.0 Å². The lowest BCUT2D eigenvalue weighted by molar-refractivity contribution is -0.138. The molecule has 44 heavy (non-hydrogen) atoms. The Morgan fingerprint density at radius 1 is 1.05 bits per heavy atom. The fourth-order valence-electron chi connectivity index (χ4n) is 4.47. The summed E-state index contributed by atoms with van der Waals surface area (Å²) in [7, 11) is 0. The number of thiophene rings is 1. The number of alkyl halides is 3. The molecule has 8 nitrogen and oxygen atoms in total. The zero-order chi connectivity index (χ0) is 32.2. The van der Waals surface area contributed by atoms with Gasteiger partial charge in [-0.3, -0.25) is 9.36 Å². The van der Waals surface area contributed by atoms with Crippen LogP contribution in [-0.4, -0.2) is 31.8 Å². The number of ketones is 1. The number of benzene rings is 2. The van der Waals surface area contributed by atoms with E-state index in [4.69, 9.17) is 16.3 Å². The highest BCUT2D eigenvalue weighted by Crippen LogP contribution is 2.36. The number of rotatable bonds is 10. The summed E-state index contributed by atoms with van der Waals surface area (Å²) < 4.78 is 63.7. The van der Waals surface area contributed by atoms with Crippen LogP contribution in [0.25, 0.3) is 10.7 Å². The molecule has 2 aromatic heterocycles. The Kier molecular flexibility index (Phi) is 9.99. The molecule has 0 spiro atoms. The molecule has 0 aliphatic rings. The van der Waals surface area contributed by atoms with Crippen LogP contribution in [0.3, 0.4) is 0 Å². The maximum Gasteiger partial charge on any atom is 0.416 e. The Balaban J connectivity index is 1.59. The predicted octanol–water partition coefficient (Wildman–Crippen LogP) is 7.25. The van der Waals surface area contributed by atoms with Crippen LogP contribution in [0.2, 0.25) is 4.34 Å². The van der Waals surface area contributed by atoms with Gasteiger partial charge in [0.15, 0.2) is 11.6 Å². The molecule has 0 fully saturated rings. The van der Waals surface area contributed by atoms with Crippen molar-refractivity contribution in [1.82, 2.24) is 19.7 Å². The van der Waals surface area contributed by atoms with Crippen molar-refractivity contribution in [1.29, 1.82) is 0 Å². The van der Waals surface area contributed by atoms with Crippen molar-refractivity contribution in [2.75, 3.05) is 0 Å². The summed E-state index contributed by atoms with van der Waals surface area (Å²) in [5.41, 5.74) is -2.57. The van der Waals surface area contributed by atoms with Gasteiger partial charge in [0.25, 0.3) is 0 Å². The number of carbonyl (C=O) groups excluding carboxylic acids is 2. The lowest BCUT2D eigenvalue weighted by Gasteiger charge is -2.25. The Morgan fingerprint density at radius 3 is 2.36 bits per heavy atom. The third-order valence-electron chi connectivity index (χ3n) is 6.37. The zero-order valence-electron chi connectivity index (χ0n) is 24.0. The topological polar surface area (TPSA) is 95.2 Å². The van der Waals surface area contributed by atoms with Crippen LogP contribution < -0.4 is 11.0 Å². The van der Waals surface area contributed by atoms with Gasteiger partial charge in [-0.2, -0.15) is 13.2 Å². The van der Waals surface area contributed by atoms with Gasteiger partial charge in [-0.15, -0.1) is 16.4 Å².